The van der Waals surface area contributed by atoms with Crippen LogP contribution in [0, 0.1) is 0 Å². The molecule has 0 unspecified atom stereocenters. The molecule has 1 fully saturated rings. The third kappa shape index (κ3) is 6.67. The molecule has 1 N–H and O–H groups in total. The van der Waals surface area contributed by atoms with Crippen LogP contribution in [-0.2, 0) is 11.3 Å². The molecule has 1 aliphatic rings. The van der Waals surface area contributed by atoms with E-state index in [-0.39, 0.29) is 24.0 Å². The monoisotopic (exact) mass is 495 g/mol. The summed E-state index contributed by atoms with van der Waals surface area (Å²) >= 11 is 0. The third-order valence-electron chi connectivity index (χ3n) is 4.68. The van der Waals surface area contributed by atoms with Crippen LogP contribution in [0.4, 0.5) is 0 Å². The molecule has 5 nitrogen and oxygen atoms in total. The highest BCUT2D eigenvalue weighted by molar-refractivity contribution is 14.0. The van der Waals surface area contributed by atoms with E-state index in [0.717, 1.165) is 55.6 Å². The lowest BCUT2D eigenvalue weighted by Crippen LogP contribution is -2.46. The summed E-state index contributed by atoms with van der Waals surface area (Å²) in [5.41, 5.74) is 1.16. The SMILES string of the molecule is CCOC1CCN(C(=NC)NCc2cccc(Oc3ccccc3)c2)CC1.I. The summed E-state index contributed by atoms with van der Waals surface area (Å²) < 4.78 is 11.7. The number of benzene rings is 2. The maximum Gasteiger partial charge on any atom is 0.193 e. The van der Waals surface area contributed by atoms with E-state index in [0.29, 0.717) is 12.6 Å². The number of rotatable bonds is 6. The van der Waals surface area contributed by atoms with E-state index in [1.807, 2.05) is 49.5 Å². The molecule has 6 heteroatoms. The zero-order chi connectivity index (χ0) is 18.9. The molecule has 0 aliphatic carbocycles. The summed E-state index contributed by atoms with van der Waals surface area (Å²) in [6.45, 7) is 5.51. The molecule has 1 aliphatic heterocycles. The van der Waals surface area contributed by atoms with Gasteiger partial charge in [0.2, 0.25) is 0 Å². The lowest BCUT2D eigenvalue weighted by atomic mass is 10.1. The molecule has 28 heavy (non-hydrogen) atoms. The van der Waals surface area contributed by atoms with Crippen LogP contribution in [0.2, 0.25) is 0 Å². The molecule has 2 aromatic carbocycles. The molecule has 0 spiro atoms. The van der Waals surface area contributed by atoms with Gasteiger partial charge in [-0.25, -0.2) is 0 Å². The van der Waals surface area contributed by atoms with Gasteiger partial charge in [0.25, 0.3) is 0 Å². The number of nitrogens with one attached hydrogen (secondary N) is 1. The van der Waals surface area contributed by atoms with E-state index in [4.69, 9.17) is 9.47 Å². The summed E-state index contributed by atoms with van der Waals surface area (Å²) in [6.07, 6.45) is 2.49. The van der Waals surface area contributed by atoms with Gasteiger partial charge < -0.3 is 19.7 Å². The third-order valence-corrected chi connectivity index (χ3v) is 4.68. The van der Waals surface area contributed by atoms with Gasteiger partial charge >= 0.3 is 0 Å². The highest BCUT2D eigenvalue weighted by atomic mass is 127. The molecule has 0 bridgehead atoms. The Kier molecular flexibility index (Phi) is 9.57. The van der Waals surface area contributed by atoms with Gasteiger partial charge in [0.15, 0.2) is 5.96 Å². The summed E-state index contributed by atoms with van der Waals surface area (Å²) in [6, 6.07) is 18.0. The van der Waals surface area contributed by atoms with Crippen LogP contribution in [-0.4, -0.2) is 43.7 Å². The van der Waals surface area contributed by atoms with Crippen molar-refractivity contribution in [2.45, 2.75) is 32.4 Å². The van der Waals surface area contributed by atoms with Crippen LogP contribution in [0.25, 0.3) is 0 Å². The largest absolute Gasteiger partial charge is 0.457 e. The van der Waals surface area contributed by atoms with Crippen LogP contribution in [0.5, 0.6) is 11.5 Å². The summed E-state index contributed by atoms with van der Waals surface area (Å²) in [4.78, 5) is 6.75. The van der Waals surface area contributed by atoms with Crippen molar-refractivity contribution < 1.29 is 9.47 Å². The van der Waals surface area contributed by atoms with Crippen molar-refractivity contribution in [3.05, 3.63) is 60.2 Å². The first-order valence-corrected chi connectivity index (χ1v) is 9.67. The molecule has 2 aromatic rings. The van der Waals surface area contributed by atoms with Gasteiger partial charge in [-0.1, -0.05) is 30.3 Å². The number of piperidine rings is 1. The van der Waals surface area contributed by atoms with Gasteiger partial charge in [-0.3, -0.25) is 4.99 Å². The Bertz CT molecular complexity index is 732. The van der Waals surface area contributed by atoms with Gasteiger partial charge in [-0.2, -0.15) is 0 Å². The molecule has 152 valence electrons. The van der Waals surface area contributed by atoms with Crippen LogP contribution < -0.4 is 10.1 Å². The standard InChI is InChI=1S/C22H29N3O2.HI/c1-3-26-19-12-14-25(15-13-19)22(23-2)24-17-18-8-7-11-21(16-18)27-20-9-5-4-6-10-20;/h4-11,16,19H,3,12-15,17H2,1-2H3,(H,23,24);1H. The Balaban J connectivity index is 0.00000280. The molecule has 0 saturated carbocycles. The average molecular weight is 495 g/mol. The molecule has 1 heterocycles. The van der Waals surface area contributed by atoms with Crippen molar-refractivity contribution >= 4 is 29.9 Å². The van der Waals surface area contributed by atoms with Crippen LogP contribution in [0.1, 0.15) is 25.3 Å². The highest BCUT2D eigenvalue weighted by Crippen LogP contribution is 2.22. The fraction of sp³-hybridized carbons (Fsp3) is 0.409. The number of para-hydroxylation sites is 1. The van der Waals surface area contributed by atoms with Crippen LogP contribution in [0.3, 0.4) is 0 Å². The Labute approximate surface area is 185 Å². The topological polar surface area (TPSA) is 46.1 Å². The van der Waals surface area contributed by atoms with Gasteiger partial charge in [0.1, 0.15) is 11.5 Å². The van der Waals surface area contributed by atoms with Gasteiger partial charge in [-0.05, 0) is 49.6 Å². The van der Waals surface area contributed by atoms with E-state index < -0.39 is 0 Å². The lowest BCUT2D eigenvalue weighted by molar-refractivity contribution is 0.0263. The summed E-state index contributed by atoms with van der Waals surface area (Å²) in [5, 5.41) is 3.47. The predicted octanol–water partition coefficient (Wildman–Crippen LogP) is 4.67. The number of ether oxygens (including phenoxy) is 2. The fourth-order valence-corrected chi connectivity index (χ4v) is 3.33. The number of guanidine groups is 1. The van der Waals surface area contributed by atoms with E-state index >= 15 is 0 Å². The Hall–Kier alpha value is -1.80. The Morgan fingerprint density at radius 1 is 1.07 bits per heavy atom. The number of aliphatic imine (C=N–C) groups is 1. The van der Waals surface area contributed by atoms with E-state index in [9.17, 15) is 0 Å². The van der Waals surface area contributed by atoms with Crippen molar-refractivity contribution in [2.24, 2.45) is 4.99 Å². The number of hydrogen-bond donors (Lipinski definition) is 1. The Morgan fingerprint density at radius 2 is 1.79 bits per heavy atom. The highest BCUT2D eigenvalue weighted by Gasteiger charge is 2.21. The predicted molar refractivity (Wildman–Crippen MR) is 125 cm³/mol. The molecule has 0 atom stereocenters. The molecular weight excluding hydrogens is 465 g/mol. The summed E-state index contributed by atoms with van der Waals surface area (Å²) in [7, 11) is 1.84. The Morgan fingerprint density at radius 3 is 2.46 bits per heavy atom. The number of hydrogen-bond acceptors (Lipinski definition) is 3. The van der Waals surface area contributed by atoms with Gasteiger partial charge in [0, 0.05) is 33.3 Å². The second kappa shape index (κ2) is 11.9. The minimum atomic E-state index is 0. The van der Waals surface area contributed by atoms with Crippen molar-refractivity contribution in [1.29, 1.82) is 0 Å². The van der Waals surface area contributed by atoms with Crippen molar-refractivity contribution in [3.63, 3.8) is 0 Å². The molecule has 0 amide bonds. The molecule has 3 rings (SSSR count). The first-order chi connectivity index (χ1) is 13.3. The van der Waals surface area contributed by atoms with E-state index in [1.165, 1.54) is 0 Å². The average Bonchev–Trinajstić information content (AvgIpc) is 2.71. The first-order valence-electron chi connectivity index (χ1n) is 9.67. The zero-order valence-electron chi connectivity index (χ0n) is 16.6. The smallest absolute Gasteiger partial charge is 0.193 e. The second-order valence-electron chi connectivity index (χ2n) is 6.61. The maximum atomic E-state index is 5.92. The number of likely N-dealkylation sites (tertiary alicyclic amines) is 1. The van der Waals surface area contributed by atoms with E-state index in [1.54, 1.807) is 0 Å². The number of halogens is 1. The van der Waals surface area contributed by atoms with Crippen molar-refractivity contribution in [3.8, 4) is 11.5 Å². The van der Waals surface area contributed by atoms with Crippen LogP contribution in [0.15, 0.2) is 59.6 Å². The fourth-order valence-electron chi connectivity index (χ4n) is 3.33. The number of nitrogens with zero attached hydrogens (tertiary/aromatic N) is 2. The molecule has 1 saturated heterocycles. The van der Waals surface area contributed by atoms with Crippen LogP contribution >= 0.6 is 24.0 Å². The minimum Gasteiger partial charge on any atom is -0.457 e. The van der Waals surface area contributed by atoms with Crippen molar-refractivity contribution in [1.82, 2.24) is 10.2 Å². The molecule has 0 radical (unpaired) electrons. The minimum absolute atomic E-state index is 0. The maximum absolute atomic E-state index is 5.92. The quantitative estimate of drug-likeness (QED) is 0.360. The van der Waals surface area contributed by atoms with Gasteiger partial charge in [-0.15, -0.1) is 24.0 Å². The normalized spacial score (nSPS) is 15.1. The van der Waals surface area contributed by atoms with E-state index in [2.05, 4.69) is 34.3 Å². The lowest BCUT2D eigenvalue weighted by Gasteiger charge is -2.34. The molecule has 0 aromatic heterocycles. The second-order valence-corrected chi connectivity index (χ2v) is 6.61. The van der Waals surface area contributed by atoms with Gasteiger partial charge in [0.05, 0.1) is 6.10 Å². The molecular formula is C22H30IN3O2. The zero-order valence-corrected chi connectivity index (χ0v) is 19.0. The first kappa shape index (κ1) is 22.5. The summed E-state index contributed by atoms with van der Waals surface area (Å²) in [5.74, 6) is 2.63. The van der Waals surface area contributed by atoms with Crippen molar-refractivity contribution in [2.75, 3.05) is 26.7 Å².